The first-order valence-corrected chi connectivity index (χ1v) is 7.42. The first-order valence-electron chi connectivity index (χ1n) is 7.42. The van der Waals surface area contributed by atoms with Crippen LogP contribution in [0.25, 0.3) is 0 Å². The second-order valence-electron chi connectivity index (χ2n) is 5.69. The number of halogens is 1. The molecule has 0 aromatic heterocycles. The van der Waals surface area contributed by atoms with E-state index in [1.54, 1.807) is 13.2 Å². The van der Waals surface area contributed by atoms with Crippen molar-refractivity contribution in [1.29, 1.82) is 0 Å². The summed E-state index contributed by atoms with van der Waals surface area (Å²) in [5.74, 6) is 1.43. The van der Waals surface area contributed by atoms with E-state index in [9.17, 15) is 4.39 Å². The van der Waals surface area contributed by atoms with Crippen LogP contribution in [0.15, 0.2) is 42.5 Å². The van der Waals surface area contributed by atoms with Gasteiger partial charge < -0.3 is 9.47 Å². The molecular weight excluding hydrogens is 281 g/mol. The van der Waals surface area contributed by atoms with E-state index in [4.69, 9.17) is 9.47 Å². The Labute approximate surface area is 130 Å². The van der Waals surface area contributed by atoms with Gasteiger partial charge in [-0.3, -0.25) is 4.90 Å². The van der Waals surface area contributed by atoms with Crippen LogP contribution in [0.2, 0.25) is 0 Å². The molecule has 0 bridgehead atoms. The van der Waals surface area contributed by atoms with Crippen molar-refractivity contribution >= 4 is 0 Å². The second kappa shape index (κ2) is 6.36. The van der Waals surface area contributed by atoms with E-state index < -0.39 is 0 Å². The fourth-order valence-electron chi connectivity index (χ4n) is 2.64. The normalized spacial score (nSPS) is 15.4. The molecule has 0 amide bonds. The highest BCUT2D eigenvalue weighted by molar-refractivity contribution is 5.33. The minimum atomic E-state index is -0.223. The van der Waals surface area contributed by atoms with Gasteiger partial charge in [-0.05, 0) is 48.4 Å². The fraction of sp³-hybridized carbons (Fsp3) is 0.333. The Bertz CT molecular complexity index is 636. The molecule has 1 saturated heterocycles. The van der Waals surface area contributed by atoms with Crippen molar-refractivity contribution in [2.24, 2.45) is 0 Å². The molecule has 2 aromatic rings. The summed E-state index contributed by atoms with van der Waals surface area (Å²) in [5, 5.41) is 0. The van der Waals surface area contributed by atoms with Crippen LogP contribution in [0.4, 0.5) is 4.39 Å². The topological polar surface area (TPSA) is 21.7 Å². The number of methoxy groups -OCH3 is 1. The van der Waals surface area contributed by atoms with Crippen LogP contribution >= 0.6 is 0 Å². The molecule has 0 saturated carbocycles. The average molecular weight is 301 g/mol. The summed E-state index contributed by atoms with van der Waals surface area (Å²) in [6.45, 7) is 4.56. The molecule has 22 heavy (non-hydrogen) atoms. The molecule has 1 heterocycles. The standard InChI is InChI=1S/C18H20FNO2/c1-13-9-15(19)5-8-18(13)22-17-11-20(12-17)10-14-3-6-16(21-2)7-4-14/h3-9,17H,10-12H2,1-2H3. The number of nitrogens with zero attached hydrogens (tertiary/aromatic N) is 1. The highest BCUT2D eigenvalue weighted by Crippen LogP contribution is 2.24. The molecule has 0 radical (unpaired) electrons. The number of hydrogen-bond donors (Lipinski definition) is 0. The van der Waals surface area contributed by atoms with Crippen molar-refractivity contribution in [1.82, 2.24) is 4.90 Å². The van der Waals surface area contributed by atoms with Gasteiger partial charge in [-0.15, -0.1) is 0 Å². The summed E-state index contributed by atoms with van der Waals surface area (Å²) in [6.07, 6.45) is 0.183. The zero-order valence-corrected chi connectivity index (χ0v) is 12.9. The van der Waals surface area contributed by atoms with Crippen molar-refractivity contribution < 1.29 is 13.9 Å². The summed E-state index contributed by atoms with van der Waals surface area (Å²) in [5.41, 5.74) is 2.10. The molecule has 3 nitrogen and oxygen atoms in total. The summed E-state index contributed by atoms with van der Waals surface area (Å²) < 4.78 is 24.1. The van der Waals surface area contributed by atoms with Crippen LogP contribution < -0.4 is 9.47 Å². The largest absolute Gasteiger partial charge is 0.497 e. The highest BCUT2D eigenvalue weighted by atomic mass is 19.1. The highest BCUT2D eigenvalue weighted by Gasteiger charge is 2.28. The Morgan fingerprint density at radius 3 is 2.50 bits per heavy atom. The van der Waals surface area contributed by atoms with Gasteiger partial charge in [-0.2, -0.15) is 0 Å². The summed E-state index contributed by atoms with van der Waals surface area (Å²) in [7, 11) is 1.67. The van der Waals surface area contributed by atoms with E-state index in [1.165, 1.54) is 17.7 Å². The van der Waals surface area contributed by atoms with Gasteiger partial charge in [0.15, 0.2) is 0 Å². The average Bonchev–Trinajstić information content (AvgIpc) is 2.48. The second-order valence-corrected chi connectivity index (χ2v) is 5.69. The van der Waals surface area contributed by atoms with E-state index in [0.29, 0.717) is 0 Å². The molecule has 3 rings (SSSR count). The van der Waals surface area contributed by atoms with Gasteiger partial charge in [0.25, 0.3) is 0 Å². The predicted molar refractivity (Wildman–Crippen MR) is 83.8 cm³/mol. The molecule has 1 aliphatic heterocycles. The molecule has 0 aliphatic carbocycles. The summed E-state index contributed by atoms with van der Waals surface area (Å²) in [6, 6.07) is 12.8. The van der Waals surface area contributed by atoms with Gasteiger partial charge in [-0.25, -0.2) is 4.39 Å². The molecule has 2 aromatic carbocycles. The van der Waals surface area contributed by atoms with Gasteiger partial charge in [0.1, 0.15) is 23.4 Å². The molecule has 116 valence electrons. The smallest absolute Gasteiger partial charge is 0.124 e. The maximum Gasteiger partial charge on any atom is 0.124 e. The minimum absolute atomic E-state index is 0.183. The molecular formula is C18H20FNO2. The molecule has 4 heteroatoms. The van der Waals surface area contributed by atoms with E-state index in [0.717, 1.165) is 36.7 Å². The summed E-state index contributed by atoms with van der Waals surface area (Å²) in [4.78, 5) is 2.32. The van der Waals surface area contributed by atoms with Crippen LogP contribution in [-0.2, 0) is 6.54 Å². The van der Waals surface area contributed by atoms with Crippen LogP contribution in [0.3, 0.4) is 0 Å². The Morgan fingerprint density at radius 1 is 1.14 bits per heavy atom. The SMILES string of the molecule is COc1ccc(CN2CC(Oc3ccc(F)cc3C)C2)cc1. The number of aryl methyl sites for hydroxylation is 1. The van der Waals surface area contributed by atoms with Gasteiger partial charge in [-0.1, -0.05) is 12.1 Å². The first-order chi connectivity index (χ1) is 10.6. The summed E-state index contributed by atoms with van der Waals surface area (Å²) >= 11 is 0. The molecule has 1 fully saturated rings. The van der Waals surface area contributed by atoms with Crippen molar-refractivity contribution in [3.63, 3.8) is 0 Å². The number of likely N-dealkylation sites (tertiary alicyclic amines) is 1. The van der Waals surface area contributed by atoms with Crippen molar-refractivity contribution in [2.45, 2.75) is 19.6 Å². The van der Waals surface area contributed by atoms with E-state index in [2.05, 4.69) is 17.0 Å². The predicted octanol–water partition coefficient (Wildman–Crippen LogP) is 3.41. The number of ether oxygens (including phenoxy) is 2. The van der Waals surface area contributed by atoms with Crippen molar-refractivity contribution in [2.75, 3.05) is 20.2 Å². The molecule has 0 unspecified atom stereocenters. The van der Waals surface area contributed by atoms with Crippen molar-refractivity contribution in [3.05, 3.63) is 59.4 Å². The maximum atomic E-state index is 13.1. The number of hydrogen-bond acceptors (Lipinski definition) is 3. The van der Waals surface area contributed by atoms with Gasteiger partial charge in [0.05, 0.1) is 7.11 Å². The molecule has 0 atom stereocenters. The van der Waals surface area contributed by atoms with Gasteiger partial charge in [0, 0.05) is 19.6 Å². The van der Waals surface area contributed by atoms with Crippen LogP contribution in [0.5, 0.6) is 11.5 Å². The van der Waals surface area contributed by atoms with Crippen LogP contribution in [0, 0.1) is 12.7 Å². The third kappa shape index (κ3) is 3.39. The Morgan fingerprint density at radius 2 is 1.86 bits per heavy atom. The lowest BCUT2D eigenvalue weighted by molar-refractivity contribution is 0.0141. The maximum absolute atomic E-state index is 13.1. The van der Waals surface area contributed by atoms with Gasteiger partial charge in [0.2, 0.25) is 0 Å². The zero-order chi connectivity index (χ0) is 15.5. The Kier molecular flexibility index (Phi) is 4.29. The lowest BCUT2D eigenvalue weighted by atomic mass is 10.1. The van der Waals surface area contributed by atoms with Crippen LogP contribution in [0.1, 0.15) is 11.1 Å². The molecule has 0 spiro atoms. The lowest BCUT2D eigenvalue weighted by Gasteiger charge is -2.39. The Balaban J connectivity index is 1.49. The quantitative estimate of drug-likeness (QED) is 0.845. The lowest BCUT2D eigenvalue weighted by Crippen LogP contribution is -2.53. The molecule has 0 N–H and O–H groups in total. The Hall–Kier alpha value is -2.07. The minimum Gasteiger partial charge on any atom is -0.497 e. The van der Waals surface area contributed by atoms with Gasteiger partial charge >= 0.3 is 0 Å². The van der Waals surface area contributed by atoms with Crippen molar-refractivity contribution in [3.8, 4) is 11.5 Å². The number of rotatable bonds is 5. The third-order valence-electron chi connectivity index (χ3n) is 3.92. The monoisotopic (exact) mass is 301 g/mol. The fourth-order valence-corrected chi connectivity index (χ4v) is 2.64. The zero-order valence-electron chi connectivity index (χ0n) is 12.9. The number of benzene rings is 2. The van der Waals surface area contributed by atoms with E-state index in [-0.39, 0.29) is 11.9 Å². The van der Waals surface area contributed by atoms with E-state index >= 15 is 0 Å². The van der Waals surface area contributed by atoms with Crippen LogP contribution in [-0.4, -0.2) is 31.2 Å². The first kappa shape index (κ1) is 14.9. The molecule has 1 aliphatic rings. The third-order valence-corrected chi connectivity index (χ3v) is 3.92. The van der Waals surface area contributed by atoms with E-state index in [1.807, 2.05) is 19.1 Å².